The Labute approximate surface area is 178 Å². The highest BCUT2D eigenvalue weighted by Gasteiger charge is 2.12. The van der Waals surface area contributed by atoms with Gasteiger partial charge in [-0.2, -0.15) is 5.26 Å². The van der Waals surface area contributed by atoms with E-state index in [-0.39, 0.29) is 0 Å². The van der Waals surface area contributed by atoms with Gasteiger partial charge < -0.3 is 9.30 Å². The standard InChI is InChI=1S/C23H19N3OS2/c1-15-12-17(16(2)26(15)18-8-10-19(27-3)11-9-18)13-20(14-24)28-23-25-21-6-4-5-7-22(21)29-23/h4-13H,1-3H3. The third-order valence-electron chi connectivity index (χ3n) is 4.67. The number of thiazole rings is 1. The third-order valence-corrected chi connectivity index (χ3v) is 6.70. The predicted octanol–water partition coefficient (Wildman–Crippen LogP) is 6.37. The second kappa shape index (κ2) is 8.16. The Morgan fingerprint density at radius 1 is 1.17 bits per heavy atom. The summed E-state index contributed by atoms with van der Waals surface area (Å²) >= 11 is 3.02. The van der Waals surface area contributed by atoms with Crippen molar-refractivity contribution in [2.24, 2.45) is 0 Å². The molecule has 0 saturated carbocycles. The highest BCUT2D eigenvalue weighted by molar-refractivity contribution is 8.05. The molecule has 4 aromatic rings. The van der Waals surface area contributed by atoms with Gasteiger partial charge in [0.2, 0.25) is 0 Å². The number of aryl methyl sites for hydroxylation is 1. The van der Waals surface area contributed by atoms with Crippen molar-refractivity contribution in [2.75, 3.05) is 7.11 Å². The maximum Gasteiger partial charge on any atom is 0.156 e. The van der Waals surface area contributed by atoms with Crippen molar-refractivity contribution in [3.63, 3.8) is 0 Å². The van der Waals surface area contributed by atoms with Crippen LogP contribution in [0.5, 0.6) is 5.75 Å². The number of hydrogen-bond acceptors (Lipinski definition) is 5. The van der Waals surface area contributed by atoms with Crippen LogP contribution in [0.25, 0.3) is 22.0 Å². The fourth-order valence-electron chi connectivity index (χ4n) is 3.28. The lowest BCUT2D eigenvalue weighted by Crippen LogP contribution is -1.99. The summed E-state index contributed by atoms with van der Waals surface area (Å²) in [5.41, 5.74) is 5.27. The van der Waals surface area contributed by atoms with Crippen molar-refractivity contribution >= 4 is 39.4 Å². The number of nitriles is 1. The molecule has 0 saturated heterocycles. The maximum absolute atomic E-state index is 9.68. The van der Waals surface area contributed by atoms with E-state index in [2.05, 4.69) is 41.6 Å². The van der Waals surface area contributed by atoms with E-state index >= 15 is 0 Å². The van der Waals surface area contributed by atoms with Gasteiger partial charge in [-0.15, -0.1) is 11.3 Å². The first-order valence-corrected chi connectivity index (χ1v) is 10.7. The Morgan fingerprint density at radius 2 is 1.93 bits per heavy atom. The lowest BCUT2D eigenvalue weighted by atomic mass is 10.2. The van der Waals surface area contributed by atoms with E-state index in [0.717, 1.165) is 42.9 Å². The Kier molecular flexibility index (Phi) is 5.43. The van der Waals surface area contributed by atoms with Crippen LogP contribution in [0.4, 0.5) is 0 Å². The van der Waals surface area contributed by atoms with Crippen LogP contribution >= 0.6 is 23.1 Å². The van der Waals surface area contributed by atoms with Gasteiger partial charge in [-0.3, -0.25) is 0 Å². The summed E-state index contributed by atoms with van der Waals surface area (Å²) in [6.45, 7) is 4.14. The van der Waals surface area contributed by atoms with E-state index in [0.29, 0.717) is 4.91 Å². The van der Waals surface area contributed by atoms with Gasteiger partial charge in [0.25, 0.3) is 0 Å². The van der Waals surface area contributed by atoms with E-state index in [4.69, 9.17) is 4.74 Å². The molecule has 0 amide bonds. The molecule has 4 nitrogen and oxygen atoms in total. The number of hydrogen-bond donors (Lipinski definition) is 0. The molecule has 4 rings (SSSR count). The maximum atomic E-state index is 9.68. The van der Waals surface area contributed by atoms with Crippen LogP contribution in [0, 0.1) is 25.2 Å². The number of methoxy groups -OCH3 is 1. The number of aromatic nitrogens is 2. The summed E-state index contributed by atoms with van der Waals surface area (Å²) in [4.78, 5) is 5.25. The summed E-state index contributed by atoms with van der Waals surface area (Å²) in [5, 5.41) is 9.68. The predicted molar refractivity (Wildman–Crippen MR) is 121 cm³/mol. The van der Waals surface area contributed by atoms with Crippen LogP contribution in [0.1, 0.15) is 17.0 Å². The van der Waals surface area contributed by atoms with Gasteiger partial charge in [0.05, 0.1) is 22.2 Å². The molecule has 6 heteroatoms. The van der Waals surface area contributed by atoms with Gasteiger partial charge >= 0.3 is 0 Å². The highest BCUT2D eigenvalue weighted by atomic mass is 32.2. The third kappa shape index (κ3) is 3.93. The van der Waals surface area contributed by atoms with Gasteiger partial charge in [-0.1, -0.05) is 12.1 Å². The van der Waals surface area contributed by atoms with Crippen LogP contribution < -0.4 is 4.74 Å². The van der Waals surface area contributed by atoms with Crippen LogP contribution in [-0.2, 0) is 0 Å². The molecule has 0 unspecified atom stereocenters. The van der Waals surface area contributed by atoms with Crippen LogP contribution in [0.15, 0.2) is 63.8 Å². The summed E-state index contributed by atoms with van der Waals surface area (Å²) in [7, 11) is 1.66. The topological polar surface area (TPSA) is 50.8 Å². The van der Waals surface area contributed by atoms with Gasteiger partial charge in [0.1, 0.15) is 11.8 Å². The molecule has 0 bridgehead atoms. The number of ether oxygens (including phenoxy) is 1. The molecule has 0 fully saturated rings. The average molecular weight is 418 g/mol. The fraction of sp³-hybridized carbons (Fsp3) is 0.130. The fourth-order valence-corrected chi connectivity index (χ4v) is 5.24. The smallest absolute Gasteiger partial charge is 0.156 e. The first-order chi connectivity index (χ1) is 14.1. The van der Waals surface area contributed by atoms with E-state index in [9.17, 15) is 5.26 Å². The van der Waals surface area contributed by atoms with Crippen molar-refractivity contribution in [1.82, 2.24) is 9.55 Å². The van der Waals surface area contributed by atoms with E-state index in [1.807, 2.05) is 48.5 Å². The summed E-state index contributed by atoms with van der Waals surface area (Å²) in [6, 6.07) is 20.4. The largest absolute Gasteiger partial charge is 0.497 e. The number of thioether (sulfide) groups is 1. The molecular formula is C23H19N3OS2. The first-order valence-electron chi connectivity index (χ1n) is 9.07. The minimum atomic E-state index is 0.624. The molecule has 0 radical (unpaired) electrons. The lowest BCUT2D eigenvalue weighted by molar-refractivity contribution is 0.414. The zero-order valence-electron chi connectivity index (χ0n) is 16.3. The van der Waals surface area contributed by atoms with Gasteiger partial charge in [-0.25, -0.2) is 4.98 Å². The number of rotatable bonds is 5. The summed E-state index contributed by atoms with van der Waals surface area (Å²) in [5.74, 6) is 0.829. The molecule has 2 heterocycles. The highest BCUT2D eigenvalue weighted by Crippen LogP contribution is 2.35. The number of allylic oxidation sites excluding steroid dienone is 1. The molecule has 2 aromatic carbocycles. The Bertz CT molecular complexity index is 1210. The average Bonchev–Trinajstić information content (AvgIpc) is 3.27. The zero-order chi connectivity index (χ0) is 20.4. The Hall–Kier alpha value is -3.01. The number of fused-ring (bicyclic) bond motifs is 1. The number of benzene rings is 2. The lowest BCUT2D eigenvalue weighted by Gasteiger charge is -2.10. The number of para-hydroxylation sites is 1. The minimum Gasteiger partial charge on any atom is -0.497 e. The molecule has 2 aromatic heterocycles. The van der Waals surface area contributed by atoms with Crippen LogP contribution in [0.3, 0.4) is 0 Å². The molecule has 0 aliphatic rings. The Balaban J connectivity index is 1.66. The molecule has 0 aliphatic carbocycles. The summed E-state index contributed by atoms with van der Waals surface area (Å²) < 4.78 is 9.44. The van der Waals surface area contributed by atoms with E-state index < -0.39 is 0 Å². The van der Waals surface area contributed by atoms with Crippen molar-refractivity contribution < 1.29 is 4.74 Å². The van der Waals surface area contributed by atoms with Crippen LogP contribution in [-0.4, -0.2) is 16.7 Å². The van der Waals surface area contributed by atoms with Crippen molar-refractivity contribution in [3.8, 4) is 17.5 Å². The van der Waals surface area contributed by atoms with Crippen molar-refractivity contribution in [3.05, 3.63) is 76.5 Å². The number of nitrogens with zero attached hydrogens (tertiary/aromatic N) is 3. The minimum absolute atomic E-state index is 0.624. The molecule has 0 spiro atoms. The zero-order valence-corrected chi connectivity index (χ0v) is 18.0. The molecule has 0 aliphatic heterocycles. The quantitative estimate of drug-likeness (QED) is 0.280. The van der Waals surface area contributed by atoms with Gasteiger partial charge in [-0.05, 0) is 79.7 Å². The molecule has 0 N–H and O–H groups in total. The monoisotopic (exact) mass is 417 g/mol. The molecular weight excluding hydrogens is 398 g/mol. The molecule has 29 heavy (non-hydrogen) atoms. The molecule has 144 valence electrons. The van der Waals surface area contributed by atoms with Gasteiger partial charge in [0, 0.05) is 17.1 Å². The normalized spacial score (nSPS) is 11.6. The van der Waals surface area contributed by atoms with E-state index in [1.165, 1.54) is 11.8 Å². The van der Waals surface area contributed by atoms with Crippen LogP contribution in [0.2, 0.25) is 0 Å². The summed E-state index contributed by atoms with van der Waals surface area (Å²) in [6.07, 6.45) is 1.94. The Morgan fingerprint density at radius 3 is 2.62 bits per heavy atom. The second-order valence-corrected chi connectivity index (χ2v) is 8.85. The van der Waals surface area contributed by atoms with E-state index in [1.54, 1.807) is 18.4 Å². The van der Waals surface area contributed by atoms with Crippen molar-refractivity contribution in [2.45, 2.75) is 18.2 Å². The second-order valence-electron chi connectivity index (χ2n) is 6.53. The van der Waals surface area contributed by atoms with Crippen molar-refractivity contribution in [1.29, 1.82) is 5.26 Å². The molecule has 0 atom stereocenters. The SMILES string of the molecule is COc1ccc(-n2c(C)cc(C=C(C#N)Sc3nc4ccccc4s3)c2C)cc1. The first kappa shape index (κ1) is 19.3. The van der Waals surface area contributed by atoms with Gasteiger partial charge in [0.15, 0.2) is 4.34 Å².